The number of carbonyl (C=O) groups is 2. The van der Waals surface area contributed by atoms with E-state index in [0.717, 1.165) is 4.68 Å². The van der Waals surface area contributed by atoms with Crippen molar-refractivity contribution in [3.05, 3.63) is 47.0 Å². The molecule has 0 saturated heterocycles. The molecule has 0 bridgehead atoms. The van der Waals surface area contributed by atoms with Gasteiger partial charge in [0.1, 0.15) is 5.82 Å². The average Bonchev–Trinajstić information content (AvgIpc) is 2.76. The molecule has 0 unspecified atom stereocenters. The van der Waals surface area contributed by atoms with Crippen molar-refractivity contribution in [2.45, 2.75) is 6.54 Å². The van der Waals surface area contributed by atoms with Crippen molar-refractivity contribution in [3.63, 3.8) is 0 Å². The van der Waals surface area contributed by atoms with E-state index in [4.69, 9.17) is 10.2 Å². The first-order chi connectivity index (χ1) is 8.99. The van der Waals surface area contributed by atoms with Crippen LogP contribution in [0.1, 0.15) is 26.5 Å². The van der Waals surface area contributed by atoms with Crippen molar-refractivity contribution < 1.29 is 24.2 Å². The summed E-state index contributed by atoms with van der Waals surface area (Å²) < 4.78 is 13.7. The molecule has 0 radical (unpaired) electrons. The molecule has 2 aromatic rings. The number of carboxylic acid groups (broad SMARTS) is 2. The Labute approximate surface area is 105 Å². The lowest BCUT2D eigenvalue weighted by Gasteiger charge is -2.03. The highest BCUT2D eigenvalue weighted by atomic mass is 19.1. The summed E-state index contributed by atoms with van der Waals surface area (Å²) in [5.41, 5.74) is -0.572. The van der Waals surface area contributed by atoms with Crippen LogP contribution in [0.2, 0.25) is 0 Å². The third-order valence-electron chi connectivity index (χ3n) is 2.39. The van der Waals surface area contributed by atoms with Crippen molar-refractivity contribution in [1.82, 2.24) is 15.0 Å². The van der Waals surface area contributed by atoms with Gasteiger partial charge in [-0.2, -0.15) is 0 Å². The topological polar surface area (TPSA) is 105 Å². The molecule has 0 aliphatic rings. The van der Waals surface area contributed by atoms with Gasteiger partial charge in [0.2, 0.25) is 5.69 Å². The first-order valence-electron chi connectivity index (χ1n) is 5.13. The van der Waals surface area contributed by atoms with Crippen LogP contribution in [0, 0.1) is 5.82 Å². The van der Waals surface area contributed by atoms with Crippen LogP contribution in [0.5, 0.6) is 0 Å². The van der Waals surface area contributed by atoms with Gasteiger partial charge in [0, 0.05) is 0 Å². The average molecular weight is 265 g/mol. The van der Waals surface area contributed by atoms with Gasteiger partial charge < -0.3 is 10.2 Å². The third kappa shape index (κ3) is 2.57. The van der Waals surface area contributed by atoms with Gasteiger partial charge in [0.25, 0.3) is 0 Å². The second-order valence-electron chi connectivity index (χ2n) is 3.68. The summed E-state index contributed by atoms with van der Waals surface area (Å²) in [7, 11) is 0. The fraction of sp³-hybridized carbons (Fsp3) is 0.0909. The van der Waals surface area contributed by atoms with Crippen LogP contribution in [0.4, 0.5) is 4.39 Å². The van der Waals surface area contributed by atoms with Crippen molar-refractivity contribution in [1.29, 1.82) is 0 Å². The molecular formula is C11H8FN3O4. The Balaban J connectivity index is 2.37. The SMILES string of the molecule is O=C(O)c1nnn(Cc2ccc(F)cc2)c1C(=O)O. The normalized spacial score (nSPS) is 10.4. The minimum Gasteiger partial charge on any atom is -0.476 e. The van der Waals surface area contributed by atoms with Crippen LogP contribution < -0.4 is 0 Å². The summed E-state index contributed by atoms with van der Waals surface area (Å²) in [5.74, 6) is -3.33. The minimum absolute atomic E-state index is 0.0117. The second kappa shape index (κ2) is 4.84. The van der Waals surface area contributed by atoms with E-state index in [1.165, 1.54) is 24.3 Å². The zero-order valence-electron chi connectivity index (χ0n) is 9.45. The van der Waals surface area contributed by atoms with Crippen molar-refractivity contribution in [2.75, 3.05) is 0 Å². The lowest BCUT2D eigenvalue weighted by atomic mass is 10.2. The molecular weight excluding hydrogens is 257 g/mol. The van der Waals surface area contributed by atoms with Gasteiger partial charge in [-0.25, -0.2) is 18.7 Å². The van der Waals surface area contributed by atoms with E-state index in [0.29, 0.717) is 5.56 Å². The summed E-state index contributed by atoms with van der Waals surface area (Å²) in [6.45, 7) is -0.0117. The molecule has 0 spiro atoms. The standard InChI is InChI=1S/C11H8FN3O4/c12-7-3-1-6(2-4-7)5-15-9(11(18)19)8(10(16)17)13-14-15/h1-4H,5H2,(H,16,17)(H,18,19). The van der Waals surface area contributed by atoms with Gasteiger partial charge in [-0.3, -0.25) is 0 Å². The highest BCUT2D eigenvalue weighted by Crippen LogP contribution is 2.10. The zero-order chi connectivity index (χ0) is 14.0. The Morgan fingerprint density at radius 1 is 1.16 bits per heavy atom. The molecule has 0 aliphatic carbocycles. The van der Waals surface area contributed by atoms with Crippen LogP contribution >= 0.6 is 0 Å². The Bertz CT molecular complexity index is 636. The van der Waals surface area contributed by atoms with Gasteiger partial charge in [-0.15, -0.1) is 5.10 Å². The Hall–Kier alpha value is -2.77. The summed E-state index contributed by atoms with van der Waals surface area (Å²) >= 11 is 0. The van der Waals surface area contributed by atoms with Crippen LogP contribution in [0.15, 0.2) is 24.3 Å². The van der Waals surface area contributed by atoms with E-state index >= 15 is 0 Å². The van der Waals surface area contributed by atoms with E-state index in [-0.39, 0.29) is 6.54 Å². The molecule has 2 rings (SSSR count). The van der Waals surface area contributed by atoms with E-state index in [2.05, 4.69) is 10.3 Å². The number of benzene rings is 1. The Morgan fingerprint density at radius 3 is 2.32 bits per heavy atom. The number of rotatable bonds is 4. The molecule has 7 nitrogen and oxygen atoms in total. The lowest BCUT2D eigenvalue weighted by molar-refractivity contribution is 0.0640. The number of halogens is 1. The predicted molar refractivity (Wildman–Crippen MR) is 59.4 cm³/mol. The maximum atomic E-state index is 12.7. The van der Waals surface area contributed by atoms with E-state index in [9.17, 15) is 14.0 Å². The molecule has 19 heavy (non-hydrogen) atoms. The molecule has 1 heterocycles. The van der Waals surface area contributed by atoms with E-state index < -0.39 is 29.1 Å². The summed E-state index contributed by atoms with van der Waals surface area (Å²) in [5, 5.41) is 24.6. The van der Waals surface area contributed by atoms with Crippen molar-refractivity contribution in [3.8, 4) is 0 Å². The molecule has 8 heteroatoms. The fourth-order valence-electron chi connectivity index (χ4n) is 1.54. The van der Waals surface area contributed by atoms with Crippen molar-refractivity contribution in [2.24, 2.45) is 0 Å². The summed E-state index contributed by atoms with van der Waals surface area (Å²) in [6.07, 6.45) is 0. The second-order valence-corrected chi connectivity index (χ2v) is 3.68. The van der Waals surface area contributed by atoms with Gasteiger partial charge >= 0.3 is 11.9 Å². The fourth-order valence-corrected chi connectivity index (χ4v) is 1.54. The minimum atomic E-state index is -1.47. The van der Waals surface area contributed by atoms with Crippen LogP contribution in [-0.4, -0.2) is 37.1 Å². The van der Waals surface area contributed by atoms with Gasteiger partial charge in [0.15, 0.2) is 5.69 Å². The Kier molecular flexibility index (Phi) is 3.23. The van der Waals surface area contributed by atoms with Gasteiger partial charge in [0.05, 0.1) is 6.54 Å². The molecule has 0 saturated carbocycles. The van der Waals surface area contributed by atoms with E-state index in [1.54, 1.807) is 0 Å². The summed E-state index contributed by atoms with van der Waals surface area (Å²) in [4.78, 5) is 21.8. The molecule has 0 aliphatic heterocycles. The summed E-state index contributed by atoms with van der Waals surface area (Å²) in [6, 6.07) is 5.32. The van der Waals surface area contributed by atoms with Gasteiger partial charge in [-0.1, -0.05) is 17.3 Å². The monoisotopic (exact) mass is 265 g/mol. The van der Waals surface area contributed by atoms with Crippen LogP contribution in [0.25, 0.3) is 0 Å². The first-order valence-corrected chi connectivity index (χ1v) is 5.13. The number of carboxylic acids is 2. The Morgan fingerprint density at radius 2 is 1.79 bits per heavy atom. The molecule has 2 N–H and O–H groups in total. The highest BCUT2D eigenvalue weighted by molar-refractivity contribution is 5.98. The highest BCUT2D eigenvalue weighted by Gasteiger charge is 2.24. The van der Waals surface area contributed by atoms with Crippen LogP contribution in [0.3, 0.4) is 0 Å². The number of nitrogens with zero attached hydrogens (tertiary/aromatic N) is 3. The number of hydrogen-bond acceptors (Lipinski definition) is 4. The third-order valence-corrected chi connectivity index (χ3v) is 2.39. The molecule has 0 fully saturated rings. The molecule has 1 aromatic heterocycles. The zero-order valence-corrected chi connectivity index (χ0v) is 9.45. The predicted octanol–water partition coefficient (Wildman–Crippen LogP) is 0.862. The smallest absolute Gasteiger partial charge is 0.359 e. The molecule has 1 aromatic carbocycles. The molecule has 0 atom stereocenters. The molecule has 98 valence electrons. The van der Waals surface area contributed by atoms with Gasteiger partial charge in [-0.05, 0) is 17.7 Å². The van der Waals surface area contributed by atoms with Crippen molar-refractivity contribution >= 4 is 11.9 Å². The number of hydrogen-bond donors (Lipinski definition) is 2. The largest absolute Gasteiger partial charge is 0.476 e. The quantitative estimate of drug-likeness (QED) is 0.849. The number of aromatic nitrogens is 3. The maximum Gasteiger partial charge on any atom is 0.359 e. The lowest BCUT2D eigenvalue weighted by Crippen LogP contribution is -2.14. The van der Waals surface area contributed by atoms with Crippen LogP contribution in [-0.2, 0) is 6.54 Å². The van der Waals surface area contributed by atoms with E-state index in [1.807, 2.05) is 0 Å². The first kappa shape index (κ1) is 12.7. The number of aromatic carboxylic acids is 2. The maximum absolute atomic E-state index is 12.7. The molecule has 0 amide bonds.